The third kappa shape index (κ3) is 4.01. The van der Waals surface area contributed by atoms with Gasteiger partial charge in [0.05, 0.1) is 4.90 Å². The van der Waals surface area contributed by atoms with E-state index in [0.717, 1.165) is 33.2 Å². The first-order valence-corrected chi connectivity index (χ1v) is 8.28. The van der Waals surface area contributed by atoms with Gasteiger partial charge in [0.2, 0.25) is 0 Å². The summed E-state index contributed by atoms with van der Waals surface area (Å²) in [5, 5.41) is 3.70. The van der Waals surface area contributed by atoms with Crippen molar-refractivity contribution in [2.75, 3.05) is 20.2 Å². The molecule has 0 saturated heterocycles. The number of benzene rings is 2. The first-order chi connectivity index (χ1) is 10.7. The number of nitrogens with one attached hydrogen (secondary N) is 1. The number of fused-ring (bicyclic) bond motifs is 2. The molecule has 23 heavy (non-hydrogen) atoms. The molecule has 0 radical (unpaired) electrons. The van der Waals surface area contributed by atoms with E-state index in [1.165, 1.54) is 0 Å². The van der Waals surface area contributed by atoms with Gasteiger partial charge in [-0.25, -0.2) is 0 Å². The number of hydrogen-bond donors (Lipinski definition) is 1. The second kappa shape index (κ2) is 8.06. The summed E-state index contributed by atoms with van der Waals surface area (Å²) >= 11 is 7.63. The Labute approximate surface area is 151 Å². The van der Waals surface area contributed by atoms with Gasteiger partial charge in [-0.2, -0.15) is 0 Å². The Morgan fingerprint density at radius 1 is 1.30 bits per heavy atom. The Hall–Kier alpha value is -1.20. The van der Waals surface area contributed by atoms with Crippen molar-refractivity contribution in [2.24, 2.45) is 0 Å². The van der Waals surface area contributed by atoms with Crippen molar-refractivity contribution < 1.29 is 9.53 Å². The standard InChI is InChI=1S/C17H16ClNO2S.ClH/c1-19-7-8-21-15-4-2-3-13-14(20)10-11-9-12(18)5-6-16(11)22-17(13)15;/h2-6,9,19H,7-8,10H2,1H3;1H. The van der Waals surface area contributed by atoms with Gasteiger partial charge < -0.3 is 10.1 Å². The summed E-state index contributed by atoms with van der Waals surface area (Å²) in [7, 11) is 1.88. The largest absolute Gasteiger partial charge is 0.491 e. The molecule has 1 N–H and O–H groups in total. The zero-order valence-electron chi connectivity index (χ0n) is 12.6. The average Bonchev–Trinajstić information content (AvgIpc) is 2.64. The van der Waals surface area contributed by atoms with E-state index in [4.69, 9.17) is 16.3 Å². The van der Waals surface area contributed by atoms with Crippen LogP contribution in [0, 0.1) is 0 Å². The van der Waals surface area contributed by atoms with Crippen molar-refractivity contribution in [3.63, 3.8) is 0 Å². The molecule has 0 aromatic heterocycles. The number of rotatable bonds is 4. The maximum Gasteiger partial charge on any atom is 0.168 e. The molecule has 3 nitrogen and oxygen atoms in total. The summed E-state index contributed by atoms with van der Waals surface area (Å²) in [4.78, 5) is 14.5. The molecule has 1 aliphatic rings. The van der Waals surface area contributed by atoms with E-state index in [2.05, 4.69) is 5.32 Å². The van der Waals surface area contributed by atoms with E-state index in [1.807, 2.05) is 43.4 Å². The van der Waals surface area contributed by atoms with Crippen LogP contribution in [0.4, 0.5) is 0 Å². The maximum absolute atomic E-state index is 12.5. The van der Waals surface area contributed by atoms with Crippen molar-refractivity contribution in [2.45, 2.75) is 16.2 Å². The monoisotopic (exact) mass is 369 g/mol. The molecule has 3 rings (SSSR count). The third-order valence-corrected chi connectivity index (χ3v) is 4.95. The summed E-state index contributed by atoms with van der Waals surface area (Å²) in [5.74, 6) is 0.858. The van der Waals surface area contributed by atoms with Gasteiger partial charge in [0.25, 0.3) is 0 Å². The van der Waals surface area contributed by atoms with Crippen LogP contribution in [-0.2, 0) is 6.42 Å². The minimum absolute atomic E-state index is 0. The second-order valence-electron chi connectivity index (χ2n) is 5.04. The molecule has 1 heterocycles. The zero-order chi connectivity index (χ0) is 15.5. The highest BCUT2D eigenvalue weighted by Crippen LogP contribution is 2.42. The maximum atomic E-state index is 12.5. The lowest BCUT2D eigenvalue weighted by molar-refractivity contribution is 0.0989. The molecule has 0 saturated carbocycles. The van der Waals surface area contributed by atoms with E-state index >= 15 is 0 Å². The highest BCUT2D eigenvalue weighted by atomic mass is 35.5. The first-order valence-electron chi connectivity index (χ1n) is 7.09. The highest BCUT2D eigenvalue weighted by Gasteiger charge is 2.23. The van der Waals surface area contributed by atoms with Crippen LogP contribution in [-0.4, -0.2) is 26.0 Å². The van der Waals surface area contributed by atoms with Gasteiger partial charge in [0, 0.05) is 28.4 Å². The Morgan fingerprint density at radius 3 is 2.91 bits per heavy atom. The fourth-order valence-electron chi connectivity index (χ4n) is 2.38. The molecule has 2 aromatic carbocycles. The van der Waals surface area contributed by atoms with E-state index in [9.17, 15) is 4.79 Å². The zero-order valence-corrected chi connectivity index (χ0v) is 15.0. The molecule has 0 amide bonds. The Balaban J connectivity index is 0.00000192. The van der Waals surface area contributed by atoms with E-state index in [1.54, 1.807) is 11.8 Å². The van der Waals surface area contributed by atoms with Crippen molar-refractivity contribution >= 4 is 41.6 Å². The third-order valence-electron chi connectivity index (χ3n) is 3.47. The van der Waals surface area contributed by atoms with E-state index in [-0.39, 0.29) is 18.2 Å². The van der Waals surface area contributed by atoms with Crippen LogP contribution in [0.1, 0.15) is 15.9 Å². The second-order valence-corrected chi connectivity index (χ2v) is 6.53. The number of halogens is 2. The Bertz CT molecular complexity index is 722. The van der Waals surface area contributed by atoms with Gasteiger partial charge in [-0.05, 0) is 42.9 Å². The van der Waals surface area contributed by atoms with Crippen molar-refractivity contribution in [1.29, 1.82) is 0 Å². The van der Waals surface area contributed by atoms with Crippen LogP contribution in [0.25, 0.3) is 0 Å². The summed E-state index contributed by atoms with van der Waals surface area (Å²) in [6.45, 7) is 1.32. The lowest BCUT2D eigenvalue weighted by atomic mass is 10.0. The molecular formula is C17H17Cl2NO2S. The lowest BCUT2D eigenvalue weighted by Gasteiger charge is -2.13. The number of carbonyl (C=O) groups excluding carboxylic acids is 1. The van der Waals surface area contributed by atoms with Gasteiger partial charge in [-0.1, -0.05) is 29.4 Å². The van der Waals surface area contributed by atoms with Crippen molar-refractivity contribution in [3.8, 4) is 5.75 Å². The van der Waals surface area contributed by atoms with E-state index < -0.39 is 0 Å². The quantitative estimate of drug-likeness (QED) is 0.817. The van der Waals surface area contributed by atoms with Crippen LogP contribution in [0.3, 0.4) is 0 Å². The fraction of sp³-hybridized carbons (Fsp3) is 0.235. The van der Waals surface area contributed by atoms with Crippen LogP contribution in [0.15, 0.2) is 46.2 Å². The Kier molecular flexibility index (Phi) is 6.36. The number of carbonyl (C=O) groups is 1. The van der Waals surface area contributed by atoms with Crippen LogP contribution < -0.4 is 10.1 Å². The van der Waals surface area contributed by atoms with Gasteiger partial charge in [0.15, 0.2) is 5.78 Å². The lowest BCUT2D eigenvalue weighted by Crippen LogP contribution is -2.16. The van der Waals surface area contributed by atoms with Crippen LogP contribution >= 0.6 is 35.8 Å². The molecular weight excluding hydrogens is 353 g/mol. The topological polar surface area (TPSA) is 38.3 Å². The molecule has 0 bridgehead atoms. The summed E-state index contributed by atoms with van der Waals surface area (Å²) in [5.41, 5.74) is 1.69. The van der Waals surface area contributed by atoms with E-state index in [0.29, 0.717) is 18.1 Å². The predicted octanol–water partition coefficient (Wildman–Crippen LogP) is 4.25. The highest BCUT2D eigenvalue weighted by molar-refractivity contribution is 7.99. The van der Waals surface area contributed by atoms with Crippen LogP contribution in [0.2, 0.25) is 5.02 Å². The number of ketones is 1. The summed E-state index contributed by atoms with van der Waals surface area (Å²) in [6.07, 6.45) is 0.371. The summed E-state index contributed by atoms with van der Waals surface area (Å²) < 4.78 is 5.83. The average molecular weight is 370 g/mol. The molecule has 2 aromatic rings. The molecule has 122 valence electrons. The SMILES string of the molecule is CNCCOc1cccc2c1Sc1ccc(Cl)cc1CC2=O.Cl. The molecule has 0 aliphatic carbocycles. The van der Waals surface area contributed by atoms with Crippen LogP contribution in [0.5, 0.6) is 5.75 Å². The number of likely N-dealkylation sites (N-methyl/N-ethyl adjacent to an activating group) is 1. The summed E-state index contributed by atoms with van der Waals surface area (Å²) in [6, 6.07) is 11.3. The molecule has 1 aliphatic heterocycles. The van der Waals surface area contributed by atoms with Crippen molar-refractivity contribution in [3.05, 3.63) is 52.5 Å². The molecule has 0 spiro atoms. The normalized spacial score (nSPS) is 12.7. The molecule has 6 heteroatoms. The minimum Gasteiger partial charge on any atom is -0.491 e. The molecule has 0 fully saturated rings. The molecule has 0 unspecified atom stereocenters. The molecule has 0 atom stereocenters. The fourth-order valence-corrected chi connectivity index (χ4v) is 3.71. The van der Waals surface area contributed by atoms with Gasteiger partial charge >= 0.3 is 0 Å². The van der Waals surface area contributed by atoms with Gasteiger partial charge in [0.1, 0.15) is 12.4 Å². The minimum atomic E-state index is 0. The number of hydrogen-bond acceptors (Lipinski definition) is 4. The first kappa shape index (κ1) is 18.1. The Morgan fingerprint density at radius 2 is 2.13 bits per heavy atom. The van der Waals surface area contributed by atoms with Gasteiger partial charge in [-0.15, -0.1) is 12.4 Å². The smallest absolute Gasteiger partial charge is 0.168 e. The predicted molar refractivity (Wildman–Crippen MR) is 96.7 cm³/mol. The van der Waals surface area contributed by atoms with Gasteiger partial charge in [-0.3, -0.25) is 4.79 Å². The van der Waals surface area contributed by atoms with Crippen molar-refractivity contribution in [1.82, 2.24) is 5.32 Å². The number of Topliss-reactive ketones (excluding diaryl/α,β-unsaturated/α-hetero) is 1. The number of ether oxygens (including phenoxy) is 1.